The van der Waals surface area contributed by atoms with E-state index in [2.05, 4.69) is 0 Å². The van der Waals surface area contributed by atoms with Crippen molar-refractivity contribution in [3.63, 3.8) is 0 Å². The lowest BCUT2D eigenvalue weighted by molar-refractivity contribution is -0.000000725. The molecule has 0 fully saturated rings. The van der Waals surface area contributed by atoms with Crippen LogP contribution in [0.15, 0.2) is 0 Å². The Balaban J connectivity index is 0. The first-order chi connectivity index (χ1) is 1.91. The number of hydrogen-bond acceptors (Lipinski definition) is 0. The molecule has 0 rings (SSSR count). The molecule has 0 spiro atoms. The van der Waals surface area contributed by atoms with E-state index >= 15 is 0 Å². The molecule has 0 aliphatic carbocycles. The number of hydrogen-bond donors (Lipinski definition) is 0. The summed E-state index contributed by atoms with van der Waals surface area (Å²) in [5.41, 5.74) is 0. The second-order valence-electron chi connectivity index (χ2n) is 0.378. The summed E-state index contributed by atoms with van der Waals surface area (Å²) in [4.78, 5) is 0. The lowest BCUT2D eigenvalue weighted by atomic mass is 11.0. The molecule has 3 heteroatoms. The average molecular weight is 134 g/mol. The third-order valence-electron chi connectivity index (χ3n) is 0.0714. The average Bonchev–Trinajstić information content (AvgIpc) is 1.37. The smallest absolute Gasteiger partial charge is 0.0359 e. The zero-order chi connectivity index (χ0) is 3.41. The molecule has 0 saturated carbocycles. The molecule has 0 unspecified atom stereocenters. The summed E-state index contributed by atoms with van der Waals surface area (Å²) >= 11 is 10.1. The van der Waals surface area contributed by atoms with Crippen LogP contribution < -0.4 is 12.4 Å². The van der Waals surface area contributed by atoms with Crippen LogP contribution in [0.4, 0.5) is 0 Å². The minimum absolute atomic E-state index is 0. The fraction of sp³-hybridized carbons (Fsp3) is 1.00. The highest BCUT2D eigenvalue weighted by Crippen LogP contribution is 1.75. The van der Waals surface area contributed by atoms with E-state index in [1.165, 1.54) is 0 Å². The maximum atomic E-state index is 5.05. The van der Waals surface area contributed by atoms with Gasteiger partial charge in [-0.15, -0.1) is 23.2 Å². The van der Waals surface area contributed by atoms with Crippen LogP contribution in [0.5, 0.6) is 0 Å². The molecule has 0 N–H and O–H groups in total. The van der Waals surface area contributed by atoms with E-state index in [-0.39, 0.29) is 12.4 Å². The Hall–Kier alpha value is 0.870. The summed E-state index contributed by atoms with van der Waals surface area (Å²) in [5, 5.41) is 0. The van der Waals surface area contributed by atoms with Crippen LogP contribution in [0, 0.1) is 0 Å². The molecule has 0 saturated heterocycles. The van der Waals surface area contributed by atoms with Gasteiger partial charge in [0.05, 0.1) is 0 Å². The minimum atomic E-state index is 0. The molecule has 0 heterocycles. The van der Waals surface area contributed by atoms with Crippen molar-refractivity contribution >= 4 is 23.2 Å². The van der Waals surface area contributed by atoms with Gasteiger partial charge in [-0.25, -0.2) is 0 Å². The van der Waals surface area contributed by atoms with Gasteiger partial charge in [0.15, 0.2) is 0 Å². The summed E-state index contributed by atoms with van der Waals surface area (Å²) in [5.74, 6) is 1.11. The van der Waals surface area contributed by atoms with Crippen molar-refractivity contribution in [3.8, 4) is 0 Å². The van der Waals surface area contributed by atoms with Crippen molar-refractivity contribution < 1.29 is 12.4 Å². The number of rotatable bonds is 1. The monoisotopic (exact) mass is 133 g/mol. The fourth-order valence-electron chi connectivity index (χ4n) is 0. The molecule has 0 aliphatic heterocycles. The van der Waals surface area contributed by atoms with E-state index in [0.717, 1.165) is 0 Å². The summed E-state index contributed by atoms with van der Waals surface area (Å²) in [6.45, 7) is 0. The Morgan fingerprint density at radius 3 is 1.20 bits per heavy atom. The van der Waals surface area contributed by atoms with E-state index in [9.17, 15) is 0 Å². The largest absolute Gasteiger partial charge is 1.00 e. The molecule has 0 radical (unpaired) electrons. The summed E-state index contributed by atoms with van der Waals surface area (Å²) in [7, 11) is 0. The first-order valence-electron chi connectivity index (χ1n) is 1.03. The Morgan fingerprint density at radius 1 is 1.00 bits per heavy atom. The molecular formula is C2H4Cl3-. The third-order valence-corrected chi connectivity index (χ3v) is 0.643. The first-order valence-corrected chi connectivity index (χ1v) is 2.10. The topological polar surface area (TPSA) is 0 Å². The lowest BCUT2D eigenvalue weighted by Crippen LogP contribution is -3.00. The van der Waals surface area contributed by atoms with E-state index in [4.69, 9.17) is 23.2 Å². The standard InChI is InChI=1S/C2H4Cl2.ClH/c3-1-2-4;/h1-2H2;1H/p-1. The van der Waals surface area contributed by atoms with Gasteiger partial charge in [-0.2, -0.15) is 0 Å². The van der Waals surface area contributed by atoms with Crippen LogP contribution in [-0.2, 0) is 0 Å². The molecule has 0 bridgehead atoms. The highest BCUT2D eigenvalue weighted by Gasteiger charge is 1.61. The quantitative estimate of drug-likeness (QED) is 0.382. The lowest BCUT2D eigenvalue weighted by Gasteiger charge is -1.63. The number of halogens is 3. The predicted octanol–water partition coefficient (Wildman–Crippen LogP) is -1.53. The first kappa shape index (κ1) is 9.30. The second kappa shape index (κ2) is 8.85. The maximum Gasteiger partial charge on any atom is 0.0359 e. The van der Waals surface area contributed by atoms with E-state index in [0.29, 0.717) is 11.8 Å². The zero-order valence-electron chi connectivity index (χ0n) is 2.55. The van der Waals surface area contributed by atoms with Gasteiger partial charge in [0.2, 0.25) is 0 Å². The zero-order valence-corrected chi connectivity index (χ0v) is 4.82. The Labute approximate surface area is 47.9 Å². The predicted molar refractivity (Wildman–Crippen MR) is 21.4 cm³/mol. The second-order valence-corrected chi connectivity index (χ2v) is 1.13. The summed E-state index contributed by atoms with van der Waals surface area (Å²) < 4.78 is 0. The Morgan fingerprint density at radius 2 is 1.20 bits per heavy atom. The molecular weight excluding hydrogens is 130 g/mol. The molecule has 34 valence electrons. The van der Waals surface area contributed by atoms with Gasteiger partial charge < -0.3 is 12.4 Å². The van der Waals surface area contributed by atoms with Crippen LogP contribution in [0.1, 0.15) is 0 Å². The molecule has 0 aromatic rings. The highest BCUT2D eigenvalue weighted by atomic mass is 35.5. The molecule has 0 aromatic carbocycles. The van der Waals surface area contributed by atoms with Gasteiger partial charge >= 0.3 is 0 Å². The molecule has 0 aliphatic rings. The van der Waals surface area contributed by atoms with E-state index in [1.807, 2.05) is 0 Å². The molecule has 0 atom stereocenters. The van der Waals surface area contributed by atoms with Crippen LogP contribution in [0.2, 0.25) is 0 Å². The highest BCUT2D eigenvalue weighted by molar-refractivity contribution is 6.25. The van der Waals surface area contributed by atoms with Crippen LogP contribution >= 0.6 is 23.2 Å². The molecule has 0 aromatic heterocycles. The summed E-state index contributed by atoms with van der Waals surface area (Å²) in [6.07, 6.45) is 0. The third kappa shape index (κ3) is 11.5. The van der Waals surface area contributed by atoms with Gasteiger partial charge in [-0.1, -0.05) is 0 Å². The van der Waals surface area contributed by atoms with Crippen LogP contribution in [-0.4, -0.2) is 11.8 Å². The Bertz CT molecular complexity index is 6.85. The maximum absolute atomic E-state index is 5.05. The molecule has 5 heavy (non-hydrogen) atoms. The molecule has 0 nitrogen and oxygen atoms in total. The summed E-state index contributed by atoms with van der Waals surface area (Å²) in [6, 6.07) is 0. The van der Waals surface area contributed by atoms with E-state index < -0.39 is 0 Å². The van der Waals surface area contributed by atoms with Crippen LogP contribution in [0.3, 0.4) is 0 Å². The van der Waals surface area contributed by atoms with Gasteiger partial charge in [0.25, 0.3) is 0 Å². The number of alkyl halides is 2. The minimum Gasteiger partial charge on any atom is -1.00 e. The molecule has 0 amide bonds. The van der Waals surface area contributed by atoms with Crippen molar-refractivity contribution in [3.05, 3.63) is 0 Å². The van der Waals surface area contributed by atoms with Gasteiger partial charge in [0, 0.05) is 11.8 Å². The van der Waals surface area contributed by atoms with Crippen molar-refractivity contribution in [2.24, 2.45) is 0 Å². The fourth-order valence-corrected chi connectivity index (χ4v) is 0. The van der Waals surface area contributed by atoms with Gasteiger partial charge in [-0.05, 0) is 0 Å². The van der Waals surface area contributed by atoms with Crippen molar-refractivity contribution in [1.82, 2.24) is 0 Å². The van der Waals surface area contributed by atoms with Crippen LogP contribution in [0.25, 0.3) is 0 Å². The van der Waals surface area contributed by atoms with Crippen molar-refractivity contribution in [1.29, 1.82) is 0 Å². The van der Waals surface area contributed by atoms with Gasteiger partial charge in [0.1, 0.15) is 0 Å². The van der Waals surface area contributed by atoms with Gasteiger partial charge in [-0.3, -0.25) is 0 Å². The van der Waals surface area contributed by atoms with Crippen molar-refractivity contribution in [2.75, 3.05) is 11.8 Å². The Kier molecular flexibility index (Phi) is 16.5. The van der Waals surface area contributed by atoms with E-state index in [1.54, 1.807) is 0 Å². The van der Waals surface area contributed by atoms with Crippen molar-refractivity contribution in [2.45, 2.75) is 0 Å². The normalized spacial score (nSPS) is 6.00. The SMILES string of the molecule is ClCCCl.[Cl-].